The molecule has 2 unspecified atom stereocenters. The Balaban J connectivity index is 1.91. The number of rotatable bonds is 7. The normalized spacial score (nSPS) is 19.6. The van der Waals surface area contributed by atoms with Gasteiger partial charge in [0.05, 0.1) is 21.3 Å². The fourth-order valence-corrected chi connectivity index (χ4v) is 4.03. The summed E-state index contributed by atoms with van der Waals surface area (Å²) >= 11 is 0. The molecule has 0 saturated carbocycles. The molecule has 2 aromatic rings. The molecule has 3 rings (SSSR count). The molecule has 150 valence electrons. The van der Waals surface area contributed by atoms with E-state index < -0.39 is 0 Å². The van der Waals surface area contributed by atoms with Crippen LogP contribution in [0.1, 0.15) is 30.4 Å². The topological polar surface area (TPSA) is 48.0 Å². The Hall–Kier alpha value is -2.53. The van der Waals surface area contributed by atoms with Gasteiger partial charge in [0, 0.05) is 19.0 Å². The van der Waals surface area contributed by atoms with Gasteiger partial charge in [-0.1, -0.05) is 31.2 Å². The average Bonchev–Trinajstić information content (AvgIpc) is 3.12. The van der Waals surface area contributed by atoms with Crippen LogP contribution in [0.15, 0.2) is 48.5 Å². The van der Waals surface area contributed by atoms with Crippen molar-refractivity contribution in [1.29, 1.82) is 0 Å². The zero-order chi connectivity index (χ0) is 20.1. The molecule has 2 aromatic carbocycles. The van der Waals surface area contributed by atoms with Crippen molar-refractivity contribution in [2.75, 3.05) is 34.4 Å². The molecule has 1 heterocycles. The zero-order valence-electron chi connectivity index (χ0n) is 17.1. The van der Waals surface area contributed by atoms with Crippen molar-refractivity contribution < 1.29 is 19.0 Å². The molecule has 0 aromatic heterocycles. The first-order valence-electron chi connectivity index (χ1n) is 9.65. The summed E-state index contributed by atoms with van der Waals surface area (Å²) in [5.41, 5.74) is 2.38. The van der Waals surface area contributed by atoms with Crippen molar-refractivity contribution in [3.8, 4) is 11.5 Å². The third kappa shape index (κ3) is 4.47. The van der Waals surface area contributed by atoms with E-state index in [9.17, 15) is 4.79 Å². The van der Waals surface area contributed by atoms with Gasteiger partial charge in [0.15, 0.2) is 0 Å². The van der Waals surface area contributed by atoms with Crippen LogP contribution in [-0.4, -0.2) is 51.3 Å². The summed E-state index contributed by atoms with van der Waals surface area (Å²) in [5, 5.41) is 0. The molecule has 0 spiro atoms. The summed E-state index contributed by atoms with van der Waals surface area (Å²) in [6, 6.07) is 16.1. The molecule has 5 heteroatoms. The summed E-state index contributed by atoms with van der Waals surface area (Å²) in [4.78, 5) is 14.6. The Morgan fingerprint density at radius 1 is 0.964 bits per heavy atom. The third-order valence-electron chi connectivity index (χ3n) is 5.54. The highest BCUT2D eigenvalue weighted by Crippen LogP contribution is 2.32. The number of hydrogen-bond donors (Lipinski definition) is 0. The van der Waals surface area contributed by atoms with Crippen LogP contribution in [0.3, 0.4) is 0 Å². The molecule has 28 heavy (non-hydrogen) atoms. The molecule has 5 nitrogen and oxygen atoms in total. The molecular weight excluding hydrogens is 354 g/mol. The zero-order valence-corrected chi connectivity index (χ0v) is 17.1. The second-order valence-electron chi connectivity index (χ2n) is 7.43. The van der Waals surface area contributed by atoms with Crippen molar-refractivity contribution in [3.05, 3.63) is 59.7 Å². The fourth-order valence-electron chi connectivity index (χ4n) is 4.03. The first kappa shape index (κ1) is 20.2. The summed E-state index contributed by atoms with van der Waals surface area (Å²) < 4.78 is 15.7. The molecule has 0 bridgehead atoms. The molecule has 1 saturated heterocycles. The highest BCUT2D eigenvalue weighted by atomic mass is 16.5. The van der Waals surface area contributed by atoms with Gasteiger partial charge < -0.3 is 14.2 Å². The smallest absolute Gasteiger partial charge is 0.323 e. The minimum Gasteiger partial charge on any atom is -0.497 e. The molecule has 1 aliphatic heterocycles. The third-order valence-corrected chi connectivity index (χ3v) is 5.54. The van der Waals surface area contributed by atoms with Gasteiger partial charge in [-0.2, -0.15) is 0 Å². The Bertz CT molecular complexity index is 725. The first-order valence-corrected chi connectivity index (χ1v) is 9.65. The van der Waals surface area contributed by atoms with E-state index in [0.717, 1.165) is 31.0 Å². The van der Waals surface area contributed by atoms with Crippen molar-refractivity contribution in [2.45, 2.75) is 25.3 Å². The van der Waals surface area contributed by atoms with Crippen molar-refractivity contribution in [1.82, 2.24) is 4.90 Å². The van der Waals surface area contributed by atoms with Gasteiger partial charge in [-0.25, -0.2) is 0 Å². The van der Waals surface area contributed by atoms with Crippen molar-refractivity contribution in [3.63, 3.8) is 0 Å². The largest absolute Gasteiger partial charge is 0.497 e. The number of likely N-dealkylation sites (tertiary alicyclic amines) is 1. The molecule has 2 atom stereocenters. The van der Waals surface area contributed by atoms with Gasteiger partial charge in [0.1, 0.15) is 17.5 Å². The minimum absolute atomic E-state index is 0.134. The quantitative estimate of drug-likeness (QED) is 0.682. The van der Waals surface area contributed by atoms with Gasteiger partial charge in [0.2, 0.25) is 0 Å². The van der Waals surface area contributed by atoms with E-state index in [4.69, 9.17) is 14.2 Å². The van der Waals surface area contributed by atoms with Crippen LogP contribution >= 0.6 is 0 Å². The van der Waals surface area contributed by atoms with Crippen LogP contribution in [0, 0.1) is 5.92 Å². The lowest BCUT2D eigenvalue weighted by molar-refractivity contribution is -0.145. The van der Waals surface area contributed by atoms with E-state index in [-0.39, 0.29) is 17.9 Å². The highest BCUT2D eigenvalue weighted by Gasteiger charge is 2.37. The number of carbonyl (C=O) groups is 1. The first-order chi connectivity index (χ1) is 13.5. The van der Waals surface area contributed by atoms with Crippen LogP contribution < -0.4 is 9.47 Å². The molecular formula is C23H29NO4. The second kappa shape index (κ2) is 9.11. The molecule has 1 aliphatic rings. The fraction of sp³-hybridized carbons (Fsp3) is 0.435. The lowest BCUT2D eigenvalue weighted by Gasteiger charge is -2.28. The van der Waals surface area contributed by atoms with E-state index in [1.807, 2.05) is 24.3 Å². The summed E-state index contributed by atoms with van der Waals surface area (Å²) in [5.74, 6) is 2.12. The SMILES string of the molecule is COC(=O)C1CC(C)CN1CC(c1ccc(OC)cc1)c1ccc(OC)cc1. The minimum atomic E-state index is -0.181. The van der Waals surface area contributed by atoms with Crippen LogP contribution in [-0.2, 0) is 9.53 Å². The van der Waals surface area contributed by atoms with Crippen LogP contribution in [0.4, 0.5) is 0 Å². The van der Waals surface area contributed by atoms with E-state index >= 15 is 0 Å². The lowest BCUT2D eigenvalue weighted by atomic mass is 9.90. The molecule has 1 fully saturated rings. The van der Waals surface area contributed by atoms with E-state index in [2.05, 4.69) is 36.1 Å². The maximum absolute atomic E-state index is 12.3. The van der Waals surface area contributed by atoms with Crippen LogP contribution in [0.2, 0.25) is 0 Å². The number of nitrogens with zero attached hydrogens (tertiary/aromatic N) is 1. The summed E-state index contributed by atoms with van der Waals surface area (Å²) in [7, 11) is 4.80. The Labute approximate surface area is 167 Å². The van der Waals surface area contributed by atoms with Crippen molar-refractivity contribution >= 4 is 5.97 Å². The summed E-state index contributed by atoms with van der Waals surface area (Å²) in [6.45, 7) is 3.83. The number of ether oxygens (including phenoxy) is 3. The van der Waals surface area contributed by atoms with Crippen LogP contribution in [0.25, 0.3) is 0 Å². The molecule has 0 radical (unpaired) electrons. The number of hydrogen-bond acceptors (Lipinski definition) is 5. The van der Waals surface area contributed by atoms with E-state index in [1.165, 1.54) is 18.2 Å². The summed E-state index contributed by atoms with van der Waals surface area (Å²) in [6.07, 6.45) is 0.838. The van der Waals surface area contributed by atoms with Gasteiger partial charge >= 0.3 is 5.97 Å². The van der Waals surface area contributed by atoms with Crippen LogP contribution in [0.5, 0.6) is 11.5 Å². The Kier molecular flexibility index (Phi) is 6.57. The second-order valence-corrected chi connectivity index (χ2v) is 7.43. The van der Waals surface area contributed by atoms with Gasteiger partial charge in [0.25, 0.3) is 0 Å². The Morgan fingerprint density at radius 2 is 1.46 bits per heavy atom. The number of esters is 1. The number of benzene rings is 2. The lowest BCUT2D eigenvalue weighted by Crippen LogP contribution is -2.39. The van der Waals surface area contributed by atoms with Crippen molar-refractivity contribution in [2.24, 2.45) is 5.92 Å². The maximum Gasteiger partial charge on any atom is 0.323 e. The predicted molar refractivity (Wildman–Crippen MR) is 109 cm³/mol. The number of methoxy groups -OCH3 is 3. The van der Waals surface area contributed by atoms with Gasteiger partial charge in [-0.05, 0) is 47.7 Å². The standard InChI is InChI=1S/C23H29NO4/c1-16-13-22(23(25)28-4)24(14-16)15-21(17-5-9-19(26-2)10-6-17)18-7-11-20(27-3)12-8-18/h5-12,16,21-22H,13-15H2,1-4H3. The molecule has 0 aliphatic carbocycles. The highest BCUT2D eigenvalue weighted by molar-refractivity contribution is 5.76. The Morgan fingerprint density at radius 3 is 1.89 bits per heavy atom. The van der Waals surface area contributed by atoms with Gasteiger partial charge in [-0.3, -0.25) is 9.69 Å². The average molecular weight is 383 g/mol. The molecule has 0 amide bonds. The monoisotopic (exact) mass is 383 g/mol. The number of carbonyl (C=O) groups excluding carboxylic acids is 1. The maximum atomic E-state index is 12.3. The van der Waals surface area contributed by atoms with E-state index in [0.29, 0.717) is 5.92 Å². The van der Waals surface area contributed by atoms with E-state index in [1.54, 1.807) is 14.2 Å². The molecule has 0 N–H and O–H groups in total. The predicted octanol–water partition coefficient (Wildman–Crippen LogP) is 3.72. The van der Waals surface area contributed by atoms with Gasteiger partial charge in [-0.15, -0.1) is 0 Å².